The fourth-order valence-electron chi connectivity index (χ4n) is 4.91. The third-order valence-corrected chi connectivity index (χ3v) is 7.35. The van der Waals surface area contributed by atoms with Crippen LogP contribution in [0.3, 0.4) is 0 Å². The summed E-state index contributed by atoms with van der Waals surface area (Å²) in [5.41, 5.74) is 7.74. The van der Waals surface area contributed by atoms with Crippen LogP contribution in [0.2, 0.25) is 0 Å². The van der Waals surface area contributed by atoms with Gasteiger partial charge in [0.1, 0.15) is 12.4 Å². The van der Waals surface area contributed by atoms with E-state index in [2.05, 4.69) is 13.0 Å². The SMILES string of the molecule is Cc1cc(-c2c(C)ccc(S(=O)(=O)O)c2CCCO)c(OCc2ccccc2)c2c1CCC2. The van der Waals surface area contributed by atoms with Crippen molar-refractivity contribution in [3.05, 3.63) is 81.9 Å². The maximum Gasteiger partial charge on any atom is 0.294 e. The van der Waals surface area contributed by atoms with Gasteiger partial charge < -0.3 is 9.84 Å². The number of hydrogen-bond donors (Lipinski definition) is 2. The number of hydrogen-bond acceptors (Lipinski definition) is 4. The molecule has 1 aliphatic carbocycles. The molecule has 0 saturated heterocycles. The highest BCUT2D eigenvalue weighted by Gasteiger charge is 2.27. The molecule has 33 heavy (non-hydrogen) atoms. The lowest BCUT2D eigenvalue weighted by atomic mass is 9.88. The lowest BCUT2D eigenvalue weighted by Crippen LogP contribution is -2.09. The molecule has 0 amide bonds. The van der Waals surface area contributed by atoms with Crippen molar-refractivity contribution in [2.24, 2.45) is 0 Å². The second-order valence-electron chi connectivity index (χ2n) is 8.69. The van der Waals surface area contributed by atoms with Crippen LogP contribution in [-0.2, 0) is 36.0 Å². The molecule has 1 aliphatic rings. The Hall–Kier alpha value is -2.67. The normalized spacial score (nSPS) is 13.2. The van der Waals surface area contributed by atoms with Crippen LogP contribution in [-0.4, -0.2) is 24.7 Å². The molecular weight excluding hydrogens is 436 g/mol. The minimum Gasteiger partial charge on any atom is -0.488 e. The highest BCUT2D eigenvalue weighted by Crippen LogP contribution is 2.45. The van der Waals surface area contributed by atoms with Gasteiger partial charge in [0.2, 0.25) is 0 Å². The summed E-state index contributed by atoms with van der Waals surface area (Å²) in [5.74, 6) is 0.790. The minimum atomic E-state index is -4.42. The summed E-state index contributed by atoms with van der Waals surface area (Å²) in [5, 5.41) is 9.45. The Morgan fingerprint density at radius 2 is 1.70 bits per heavy atom. The van der Waals surface area contributed by atoms with Gasteiger partial charge in [-0.1, -0.05) is 36.4 Å². The Morgan fingerprint density at radius 1 is 0.970 bits per heavy atom. The molecule has 5 nitrogen and oxygen atoms in total. The van der Waals surface area contributed by atoms with Gasteiger partial charge in [0.05, 0.1) is 4.90 Å². The monoisotopic (exact) mass is 466 g/mol. The fourth-order valence-corrected chi connectivity index (χ4v) is 5.66. The van der Waals surface area contributed by atoms with Gasteiger partial charge in [0, 0.05) is 12.2 Å². The summed E-state index contributed by atoms with van der Waals surface area (Å²) in [7, 11) is -4.42. The highest BCUT2D eigenvalue weighted by atomic mass is 32.2. The Labute approximate surface area is 195 Å². The van der Waals surface area contributed by atoms with Crippen molar-refractivity contribution < 1.29 is 22.8 Å². The average molecular weight is 467 g/mol. The summed E-state index contributed by atoms with van der Waals surface area (Å²) in [6.07, 6.45) is 3.70. The molecule has 0 aromatic heterocycles. The van der Waals surface area contributed by atoms with Gasteiger partial charge in [-0.05, 0) is 97.0 Å². The van der Waals surface area contributed by atoms with Gasteiger partial charge in [-0.2, -0.15) is 8.42 Å². The van der Waals surface area contributed by atoms with Crippen LogP contribution in [0, 0.1) is 13.8 Å². The van der Waals surface area contributed by atoms with E-state index in [-0.39, 0.29) is 11.5 Å². The molecule has 0 radical (unpaired) electrons. The summed E-state index contributed by atoms with van der Waals surface area (Å²) in [6.45, 7) is 4.37. The topological polar surface area (TPSA) is 83.8 Å². The van der Waals surface area contributed by atoms with E-state index in [4.69, 9.17) is 4.74 Å². The average Bonchev–Trinajstić information content (AvgIpc) is 3.27. The number of aryl methyl sites for hydroxylation is 2. The minimum absolute atomic E-state index is 0.0706. The van der Waals surface area contributed by atoms with Crippen LogP contribution >= 0.6 is 0 Å². The van der Waals surface area contributed by atoms with Gasteiger partial charge in [-0.15, -0.1) is 0 Å². The van der Waals surface area contributed by atoms with Gasteiger partial charge in [0.15, 0.2) is 0 Å². The number of aliphatic hydroxyl groups excluding tert-OH is 1. The zero-order chi connectivity index (χ0) is 23.6. The zero-order valence-electron chi connectivity index (χ0n) is 19.1. The molecular formula is C27H30O5S. The van der Waals surface area contributed by atoms with E-state index in [1.165, 1.54) is 17.2 Å². The molecule has 0 aliphatic heterocycles. The van der Waals surface area contributed by atoms with E-state index in [0.29, 0.717) is 25.0 Å². The van der Waals surface area contributed by atoms with E-state index >= 15 is 0 Å². The first kappa shape index (κ1) is 23.5. The van der Waals surface area contributed by atoms with Crippen molar-refractivity contribution in [1.82, 2.24) is 0 Å². The second kappa shape index (κ2) is 9.67. The molecule has 0 bridgehead atoms. The third kappa shape index (κ3) is 4.83. The van der Waals surface area contributed by atoms with Crippen molar-refractivity contribution in [3.63, 3.8) is 0 Å². The number of benzene rings is 3. The van der Waals surface area contributed by atoms with Crippen LogP contribution in [0.1, 0.15) is 46.2 Å². The van der Waals surface area contributed by atoms with Gasteiger partial charge in [-0.3, -0.25) is 4.55 Å². The largest absolute Gasteiger partial charge is 0.488 e. The highest BCUT2D eigenvalue weighted by molar-refractivity contribution is 7.85. The van der Waals surface area contributed by atoms with Crippen LogP contribution in [0.4, 0.5) is 0 Å². The van der Waals surface area contributed by atoms with Gasteiger partial charge in [0.25, 0.3) is 10.1 Å². The van der Waals surface area contributed by atoms with Crippen LogP contribution < -0.4 is 4.74 Å². The van der Waals surface area contributed by atoms with Crippen LogP contribution in [0.15, 0.2) is 53.4 Å². The molecule has 0 saturated carbocycles. The van der Waals surface area contributed by atoms with Crippen molar-refractivity contribution in [2.45, 2.75) is 57.5 Å². The number of rotatable bonds is 8. The first-order valence-corrected chi connectivity index (χ1v) is 12.8. The zero-order valence-corrected chi connectivity index (χ0v) is 19.9. The summed E-state index contributed by atoms with van der Waals surface area (Å²) < 4.78 is 40.8. The van der Waals surface area contributed by atoms with E-state index in [1.54, 1.807) is 6.07 Å². The van der Waals surface area contributed by atoms with E-state index in [9.17, 15) is 18.1 Å². The van der Waals surface area contributed by atoms with Gasteiger partial charge in [-0.25, -0.2) is 0 Å². The lowest BCUT2D eigenvalue weighted by Gasteiger charge is -2.22. The third-order valence-electron chi connectivity index (χ3n) is 6.41. The summed E-state index contributed by atoms with van der Waals surface area (Å²) >= 11 is 0. The molecule has 0 heterocycles. The van der Waals surface area contributed by atoms with E-state index in [1.807, 2.05) is 37.3 Å². The molecule has 0 atom stereocenters. The molecule has 0 fully saturated rings. The predicted octanol–water partition coefficient (Wildman–Crippen LogP) is 5.21. The Bertz CT molecular complexity index is 1260. The Morgan fingerprint density at radius 3 is 2.39 bits per heavy atom. The standard InChI is InChI=1S/C27H30O5S/c1-18-13-14-25(33(29,30)31)23(12-7-15-28)26(18)24-16-19(2)21-10-6-11-22(21)27(24)32-17-20-8-4-3-5-9-20/h3-5,8-9,13-14,16,28H,6-7,10-12,15,17H2,1-2H3,(H,29,30,31). The quantitative estimate of drug-likeness (QED) is 0.445. The molecule has 4 rings (SSSR count). The van der Waals surface area contributed by atoms with E-state index < -0.39 is 10.1 Å². The van der Waals surface area contributed by atoms with Gasteiger partial charge >= 0.3 is 0 Å². The Balaban J connectivity index is 1.94. The lowest BCUT2D eigenvalue weighted by molar-refractivity contribution is 0.288. The first-order valence-electron chi connectivity index (χ1n) is 11.3. The van der Waals surface area contributed by atoms with Crippen molar-refractivity contribution in [2.75, 3.05) is 6.61 Å². The Kier molecular flexibility index (Phi) is 6.88. The first-order chi connectivity index (χ1) is 15.8. The molecule has 2 N–H and O–H groups in total. The fraction of sp³-hybridized carbons (Fsp3) is 0.333. The van der Waals surface area contributed by atoms with Crippen LogP contribution in [0.25, 0.3) is 11.1 Å². The number of fused-ring (bicyclic) bond motifs is 1. The van der Waals surface area contributed by atoms with Crippen molar-refractivity contribution in [3.8, 4) is 16.9 Å². The molecule has 6 heteroatoms. The van der Waals surface area contributed by atoms with Crippen molar-refractivity contribution >= 4 is 10.1 Å². The summed E-state index contributed by atoms with van der Waals surface area (Å²) in [6, 6.07) is 15.2. The molecule has 3 aromatic rings. The number of ether oxygens (including phenoxy) is 1. The maximum atomic E-state index is 12.2. The molecule has 3 aromatic carbocycles. The molecule has 0 spiro atoms. The molecule has 174 valence electrons. The number of aliphatic hydroxyl groups is 1. The molecule has 0 unspecified atom stereocenters. The predicted molar refractivity (Wildman–Crippen MR) is 129 cm³/mol. The van der Waals surface area contributed by atoms with E-state index in [0.717, 1.165) is 52.8 Å². The maximum absolute atomic E-state index is 12.2. The van der Waals surface area contributed by atoms with Crippen molar-refractivity contribution in [1.29, 1.82) is 0 Å². The second-order valence-corrected chi connectivity index (χ2v) is 10.1. The smallest absolute Gasteiger partial charge is 0.294 e. The van der Waals surface area contributed by atoms with Crippen LogP contribution in [0.5, 0.6) is 5.75 Å². The summed E-state index contributed by atoms with van der Waals surface area (Å²) in [4.78, 5) is -0.108.